The Morgan fingerprint density at radius 3 is 2.59 bits per heavy atom. The van der Waals surface area contributed by atoms with Gasteiger partial charge in [-0.2, -0.15) is 0 Å². The van der Waals surface area contributed by atoms with E-state index < -0.39 is 26.6 Å². The molecule has 9 heteroatoms. The first-order chi connectivity index (χ1) is 16.0. The zero-order valence-corrected chi connectivity index (χ0v) is 21.3. The van der Waals surface area contributed by atoms with E-state index in [2.05, 4.69) is 36.3 Å². The van der Waals surface area contributed by atoms with Crippen molar-refractivity contribution in [2.75, 3.05) is 13.4 Å². The summed E-state index contributed by atoms with van der Waals surface area (Å²) in [5.41, 5.74) is 2.09. The lowest BCUT2D eigenvalue weighted by molar-refractivity contribution is -0.358. The van der Waals surface area contributed by atoms with Crippen LogP contribution in [0.15, 0.2) is 42.6 Å². The summed E-state index contributed by atoms with van der Waals surface area (Å²) in [6.45, 7) is 9.78. The number of rotatable bonds is 14. The van der Waals surface area contributed by atoms with Gasteiger partial charge in [-0.1, -0.05) is 37.8 Å². The molecule has 2 unspecified atom stereocenters. The molecule has 1 heterocycles. The fourth-order valence-electron chi connectivity index (χ4n) is 3.04. The first kappa shape index (κ1) is 26.7. The van der Waals surface area contributed by atoms with Crippen LogP contribution in [0.1, 0.15) is 49.1 Å². The number of aromatic nitrogens is 1. The number of halogens is 2. The fourth-order valence-corrected chi connectivity index (χ4v) is 3.61. The van der Waals surface area contributed by atoms with Crippen LogP contribution in [0.3, 0.4) is 0 Å². The number of hydrogen-bond donors (Lipinski definition) is 1. The van der Waals surface area contributed by atoms with Crippen molar-refractivity contribution in [2.24, 2.45) is 0 Å². The van der Waals surface area contributed by atoms with Gasteiger partial charge in [0.15, 0.2) is 0 Å². The molecule has 0 radical (unpaired) electrons. The summed E-state index contributed by atoms with van der Waals surface area (Å²) in [6, 6.07) is 9.58. The Morgan fingerprint density at radius 1 is 1.18 bits per heavy atom. The summed E-state index contributed by atoms with van der Waals surface area (Å²) in [4.78, 5) is 4.35. The smallest absolute Gasteiger partial charge is 0.409 e. The van der Waals surface area contributed by atoms with Crippen LogP contribution in [0, 0.1) is 0 Å². The molecule has 1 aromatic carbocycles. The average molecular weight is 496 g/mol. The van der Waals surface area contributed by atoms with Gasteiger partial charge in [-0.25, -0.2) is 0 Å². The van der Waals surface area contributed by atoms with Gasteiger partial charge < -0.3 is 19.3 Å². The highest BCUT2D eigenvalue weighted by atomic mass is 28.3. The monoisotopic (exact) mass is 495 g/mol. The molecule has 1 aromatic heterocycles. The summed E-state index contributed by atoms with van der Waals surface area (Å²) in [5.74, 6) is -0.0814. The minimum Gasteiger partial charge on any atom is -0.409 e. The molecule has 6 nitrogen and oxygen atoms in total. The summed E-state index contributed by atoms with van der Waals surface area (Å²) >= 11 is 0. The van der Waals surface area contributed by atoms with Gasteiger partial charge in [-0.15, -0.1) is 8.78 Å². The summed E-state index contributed by atoms with van der Waals surface area (Å²) < 4.78 is 48.2. The zero-order valence-electron chi connectivity index (χ0n) is 20.3. The number of nitrogens with zero attached hydrogens (tertiary/aromatic N) is 1. The fraction of sp³-hybridized carbons (Fsp3) is 0.560. The Morgan fingerprint density at radius 2 is 1.94 bits per heavy atom. The lowest BCUT2D eigenvalue weighted by Gasteiger charge is -2.25. The molecule has 188 valence electrons. The SMILES string of the molecule is CC(OCOCCCc1ccc(C(O)c2cccc(OC(F)(F)OC3CC3)c2)nc1)[Si](C)(C)C. The largest absolute Gasteiger partial charge is 0.535 e. The second kappa shape index (κ2) is 11.7. The van der Waals surface area contributed by atoms with Gasteiger partial charge in [-0.3, -0.25) is 9.72 Å². The van der Waals surface area contributed by atoms with Crippen LogP contribution in [0.5, 0.6) is 5.75 Å². The molecule has 1 aliphatic carbocycles. The number of alkyl halides is 2. The van der Waals surface area contributed by atoms with E-state index in [0.29, 0.717) is 37.5 Å². The van der Waals surface area contributed by atoms with E-state index in [0.717, 1.165) is 18.4 Å². The first-order valence-corrected chi connectivity index (χ1v) is 15.3. The van der Waals surface area contributed by atoms with Crippen molar-refractivity contribution in [3.05, 3.63) is 59.4 Å². The number of hydrogen-bond acceptors (Lipinski definition) is 6. The van der Waals surface area contributed by atoms with Gasteiger partial charge in [0, 0.05) is 18.5 Å². The van der Waals surface area contributed by atoms with Crippen molar-refractivity contribution >= 4 is 8.07 Å². The van der Waals surface area contributed by atoms with Crippen molar-refractivity contribution in [1.29, 1.82) is 0 Å². The van der Waals surface area contributed by atoms with E-state index in [9.17, 15) is 13.9 Å². The summed E-state index contributed by atoms with van der Waals surface area (Å²) in [7, 11) is -1.32. The third-order valence-electron chi connectivity index (χ3n) is 5.74. The molecule has 0 saturated heterocycles. The minimum absolute atomic E-state index is 0.0814. The first-order valence-electron chi connectivity index (χ1n) is 11.7. The zero-order chi connectivity index (χ0) is 24.8. The van der Waals surface area contributed by atoms with Gasteiger partial charge in [0.25, 0.3) is 0 Å². The maximum absolute atomic E-state index is 13.8. The van der Waals surface area contributed by atoms with Crippen LogP contribution in [-0.4, -0.2) is 49.7 Å². The Kier molecular flexibility index (Phi) is 9.17. The minimum atomic E-state index is -3.70. The van der Waals surface area contributed by atoms with E-state index in [-0.39, 0.29) is 11.5 Å². The maximum atomic E-state index is 13.8. The third-order valence-corrected chi connectivity index (χ3v) is 8.35. The third kappa shape index (κ3) is 8.70. The number of aryl methyl sites for hydroxylation is 1. The molecule has 2 atom stereocenters. The molecular formula is C25H35F2NO5Si. The summed E-state index contributed by atoms with van der Waals surface area (Å²) in [5, 5.41) is 10.7. The van der Waals surface area contributed by atoms with Gasteiger partial charge in [0.1, 0.15) is 18.6 Å². The van der Waals surface area contributed by atoms with Crippen molar-refractivity contribution in [1.82, 2.24) is 4.98 Å². The Bertz CT molecular complexity index is 903. The predicted octanol–water partition coefficient (Wildman–Crippen LogP) is 5.46. The number of pyridine rings is 1. The number of benzene rings is 1. The molecule has 1 N–H and O–H groups in total. The predicted molar refractivity (Wildman–Crippen MR) is 127 cm³/mol. The van der Waals surface area contributed by atoms with Gasteiger partial charge in [0.2, 0.25) is 0 Å². The van der Waals surface area contributed by atoms with Crippen molar-refractivity contribution in [3.8, 4) is 5.75 Å². The van der Waals surface area contributed by atoms with Crippen molar-refractivity contribution in [3.63, 3.8) is 0 Å². The second-order valence-corrected chi connectivity index (χ2v) is 15.3. The van der Waals surface area contributed by atoms with Crippen molar-refractivity contribution < 1.29 is 32.8 Å². The van der Waals surface area contributed by atoms with Gasteiger partial charge >= 0.3 is 6.29 Å². The molecular weight excluding hydrogens is 460 g/mol. The highest BCUT2D eigenvalue weighted by Gasteiger charge is 2.41. The van der Waals surface area contributed by atoms with E-state index >= 15 is 0 Å². The van der Waals surface area contributed by atoms with Crippen molar-refractivity contribution in [2.45, 2.75) is 76.5 Å². The highest BCUT2D eigenvalue weighted by molar-refractivity contribution is 6.77. The van der Waals surface area contributed by atoms with E-state index in [4.69, 9.17) is 14.2 Å². The van der Waals surface area contributed by atoms with Crippen LogP contribution >= 0.6 is 0 Å². The second-order valence-electron chi connectivity index (χ2n) is 9.75. The Hall–Kier alpha value is -1.91. The number of aliphatic hydroxyl groups excluding tert-OH is 1. The molecule has 2 aromatic rings. The number of ether oxygens (including phenoxy) is 4. The molecule has 0 amide bonds. The Balaban J connectivity index is 1.45. The number of aliphatic hydroxyl groups is 1. The molecule has 34 heavy (non-hydrogen) atoms. The van der Waals surface area contributed by atoms with Crippen LogP contribution in [0.2, 0.25) is 19.6 Å². The molecule has 1 fully saturated rings. The molecule has 0 aliphatic heterocycles. The topological polar surface area (TPSA) is 70.0 Å². The highest BCUT2D eigenvalue weighted by Crippen LogP contribution is 2.33. The van der Waals surface area contributed by atoms with Crippen LogP contribution in [0.4, 0.5) is 8.78 Å². The quantitative estimate of drug-likeness (QED) is 0.213. The van der Waals surface area contributed by atoms with Gasteiger partial charge in [0.05, 0.1) is 19.9 Å². The molecule has 1 aliphatic rings. The lowest BCUT2D eigenvalue weighted by Crippen LogP contribution is -2.38. The van der Waals surface area contributed by atoms with Crippen LogP contribution < -0.4 is 4.74 Å². The summed E-state index contributed by atoms with van der Waals surface area (Å²) in [6.07, 6.45) is -0.684. The molecule has 3 rings (SSSR count). The van der Waals surface area contributed by atoms with Gasteiger partial charge in [-0.05, 0) is 61.9 Å². The molecule has 0 bridgehead atoms. The Labute approximate surface area is 201 Å². The average Bonchev–Trinajstić information content (AvgIpc) is 3.58. The lowest BCUT2D eigenvalue weighted by atomic mass is 10.0. The molecule has 0 spiro atoms. The molecule has 1 saturated carbocycles. The van der Waals surface area contributed by atoms with E-state index in [1.165, 1.54) is 12.1 Å². The van der Waals surface area contributed by atoms with E-state index in [1.54, 1.807) is 24.4 Å². The normalized spacial score (nSPS) is 16.3. The maximum Gasteiger partial charge on any atom is 0.535 e. The van der Waals surface area contributed by atoms with E-state index in [1.807, 2.05) is 6.07 Å². The van der Waals surface area contributed by atoms with Crippen LogP contribution in [-0.2, 0) is 20.6 Å². The standard InChI is InChI=1S/C25H35F2NO5Si/c1-18(34(2,3)4)31-17-30-14-6-7-19-10-13-23(28-16-19)24(29)20-8-5-9-22(15-20)33-25(26,27)32-21-11-12-21/h5,8-10,13,15-16,18,21,24,29H,6-7,11-12,14,17H2,1-4H3. The van der Waals surface area contributed by atoms with Crippen LogP contribution in [0.25, 0.3) is 0 Å².